The van der Waals surface area contributed by atoms with Gasteiger partial charge >= 0.3 is 6.03 Å². The van der Waals surface area contributed by atoms with Gasteiger partial charge in [0.05, 0.1) is 0 Å². The number of carbonyl (C=O) groups is 1. The minimum atomic E-state index is -0.0980. The number of amides is 2. The van der Waals surface area contributed by atoms with Gasteiger partial charge < -0.3 is 15.5 Å². The highest BCUT2D eigenvalue weighted by Gasteiger charge is 2.12. The summed E-state index contributed by atoms with van der Waals surface area (Å²) in [5.41, 5.74) is 0. The van der Waals surface area contributed by atoms with Crippen LogP contribution in [0.2, 0.25) is 0 Å². The first-order valence-corrected chi connectivity index (χ1v) is 5.09. The van der Waals surface area contributed by atoms with Crippen molar-refractivity contribution in [3.05, 3.63) is 0 Å². The number of hydrogen-bond acceptors (Lipinski definition) is 3. The Labute approximate surface area is 85.4 Å². The van der Waals surface area contributed by atoms with Crippen molar-refractivity contribution in [3.63, 3.8) is 0 Å². The predicted molar refractivity (Wildman–Crippen MR) is 56.4 cm³/mol. The van der Waals surface area contributed by atoms with E-state index in [1.54, 1.807) is 7.05 Å². The molecule has 0 aliphatic carbocycles. The number of hydrogen-bond donors (Lipinski definition) is 2. The average Bonchev–Trinajstić information content (AvgIpc) is 2.21. The first-order valence-electron chi connectivity index (χ1n) is 5.09. The van der Waals surface area contributed by atoms with E-state index in [-0.39, 0.29) is 6.03 Å². The zero-order valence-electron chi connectivity index (χ0n) is 9.05. The van der Waals surface area contributed by atoms with Crippen LogP contribution in [0.1, 0.15) is 0 Å². The Balaban J connectivity index is 2.04. The van der Waals surface area contributed by atoms with Crippen LogP contribution in [-0.4, -0.2) is 69.2 Å². The molecule has 2 N–H and O–H groups in total. The SMILES string of the molecule is CNC(=O)NCCN1CCN(C)CC1. The standard InChI is InChI=1S/C9H20N4O/c1-10-9(14)11-3-4-13-7-5-12(2)6-8-13/h3-8H2,1-2H3,(H2,10,11,14). The predicted octanol–water partition coefficient (Wildman–Crippen LogP) is -0.837. The van der Waals surface area contributed by atoms with Gasteiger partial charge in [-0.05, 0) is 7.05 Å². The molecule has 0 radical (unpaired) electrons. The van der Waals surface area contributed by atoms with Crippen molar-refractivity contribution in [3.8, 4) is 0 Å². The molecule has 1 heterocycles. The van der Waals surface area contributed by atoms with E-state index in [9.17, 15) is 4.79 Å². The zero-order chi connectivity index (χ0) is 10.4. The molecule has 0 atom stereocenters. The molecule has 0 bridgehead atoms. The summed E-state index contributed by atoms with van der Waals surface area (Å²) in [6.45, 7) is 6.13. The molecule has 82 valence electrons. The second-order valence-electron chi connectivity index (χ2n) is 3.65. The van der Waals surface area contributed by atoms with Crippen LogP contribution in [-0.2, 0) is 0 Å². The molecule has 2 amide bonds. The molecular formula is C9H20N4O. The molecule has 1 saturated heterocycles. The van der Waals surface area contributed by atoms with Gasteiger partial charge in [0, 0.05) is 46.3 Å². The minimum absolute atomic E-state index is 0.0980. The second-order valence-corrected chi connectivity index (χ2v) is 3.65. The lowest BCUT2D eigenvalue weighted by atomic mass is 10.3. The summed E-state index contributed by atoms with van der Waals surface area (Å²) in [5.74, 6) is 0. The molecule has 1 aliphatic heterocycles. The number of rotatable bonds is 3. The molecule has 14 heavy (non-hydrogen) atoms. The van der Waals surface area contributed by atoms with E-state index < -0.39 is 0 Å². The van der Waals surface area contributed by atoms with Crippen LogP contribution in [0.15, 0.2) is 0 Å². The largest absolute Gasteiger partial charge is 0.341 e. The maximum absolute atomic E-state index is 10.9. The summed E-state index contributed by atoms with van der Waals surface area (Å²) < 4.78 is 0. The normalized spacial score (nSPS) is 19.3. The third-order valence-electron chi connectivity index (χ3n) is 2.54. The van der Waals surface area contributed by atoms with Gasteiger partial charge in [0.1, 0.15) is 0 Å². The third kappa shape index (κ3) is 3.93. The van der Waals surface area contributed by atoms with E-state index in [1.165, 1.54) is 0 Å². The lowest BCUT2D eigenvalue weighted by Gasteiger charge is -2.32. The highest BCUT2D eigenvalue weighted by atomic mass is 16.2. The first kappa shape index (κ1) is 11.3. The number of urea groups is 1. The van der Waals surface area contributed by atoms with E-state index >= 15 is 0 Å². The Morgan fingerprint density at radius 2 is 1.93 bits per heavy atom. The molecule has 1 rings (SSSR count). The van der Waals surface area contributed by atoms with E-state index in [4.69, 9.17) is 0 Å². The van der Waals surface area contributed by atoms with Crippen LogP contribution in [0.4, 0.5) is 4.79 Å². The Morgan fingerprint density at radius 1 is 1.29 bits per heavy atom. The monoisotopic (exact) mass is 200 g/mol. The molecule has 0 aromatic carbocycles. The smallest absolute Gasteiger partial charge is 0.314 e. The summed E-state index contributed by atoms with van der Waals surface area (Å²) in [6.07, 6.45) is 0. The Kier molecular flexibility index (Phi) is 4.69. The summed E-state index contributed by atoms with van der Waals surface area (Å²) in [7, 11) is 3.77. The van der Waals surface area contributed by atoms with Crippen LogP contribution in [0.25, 0.3) is 0 Å². The Bertz CT molecular complexity index is 178. The van der Waals surface area contributed by atoms with Crippen LogP contribution in [0.3, 0.4) is 0 Å². The molecule has 0 saturated carbocycles. The molecule has 0 unspecified atom stereocenters. The van der Waals surface area contributed by atoms with Gasteiger partial charge in [0.25, 0.3) is 0 Å². The summed E-state index contributed by atoms with van der Waals surface area (Å²) in [4.78, 5) is 15.5. The Hall–Kier alpha value is -0.810. The summed E-state index contributed by atoms with van der Waals surface area (Å²) in [6, 6.07) is -0.0980. The second kappa shape index (κ2) is 5.82. The zero-order valence-corrected chi connectivity index (χ0v) is 9.05. The first-order chi connectivity index (χ1) is 6.72. The van der Waals surface area contributed by atoms with Crippen molar-refractivity contribution >= 4 is 6.03 Å². The number of nitrogens with zero attached hydrogens (tertiary/aromatic N) is 2. The minimum Gasteiger partial charge on any atom is -0.341 e. The lowest BCUT2D eigenvalue weighted by Crippen LogP contribution is -2.47. The van der Waals surface area contributed by atoms with Crippen LogP contribution < -0.4 is 10.6 Å². The van der Waals surface area contributed by atoms with Crippen LogP contribution in [0.5, 0.6) is 0 Å². The number of carbonyl (C=O) groups excluding carboxylic acids is 1. The maximum atomic E-state index is 10.9. The highest BCUT2D eigenvalue weighted by molar-refractivity contribution is 5.73. The topological polar surface area (TPSA) is 47.6 Å². The van der Waals surface area contributed by atoms with Crippen molar-refractivity contribution in [2.24, 2.45) is 0 Å². The number of piperazine rings is 1. The van der Waals surface area contributed by atoms with Crippen LogP contribution in [0, 0.1) is 0 Å². The summed E-state index contributed by atoms with van der Waals surface area (Å²) >= 11 is 0. The van der Waals surface area contributed by atoms with E-state index in [2.05, 4.69) is 27.5 Å². The third-order valence-corrected chi connectivity index (χ3v) is 2.54. The lowest BCUT2D eigenvalue weighted by molar-refractivity contribution is 0.155. The highest BCUT2D eigenvalue weighted by Crippen LogP contribution is 1.97. The van der Waals surface area contributed by atoms with Gasteiger partial charge in [-0.2, -0.15) is 0 Å². The molecule has 0 aromatic heterocycles. The van der Waals surface area contributed by atoms with Gasteiger partial charge in [0.2, 0.25) is 0 Å². The van der Waals surface area contributed by atoms with Crippen molar-refractivity contribution < 1.29 is 4.79 Å². The molecule has 5 heteroatoms. The fourth-order valence-electron chi connectivity index (χ4n) is 1.49. The van der Waals surface area contributed by atoms with E-state index in [0.29, 0.717) is 0 Å². The fourth-order valence-corrected chi connectivity index (χ4v) is 1.49. The molecule has 1 aliphatic rings. The maximum Gasteiger partial charge on any atom is 0.314 e. The van der Waals surface area contributed by atoms with Gasteiger partial charge in [-0.1, -0.05) is 0 Å². The van der Waals surface area contributed by atoms with Gasteiger partial charge in [-0.15, -0.1) is 0 Å². The molecule has 0 spiro atoms. The van der Waals surface area contributed by atoms with Crippen molar-refractivity contribution in [2.75, 3.05) is 53.4 Å². The van der Waals surface area contributed by atoms with Crippen molar-refractivity contribution in [1.82, 2.24) is 20.4 Å². The van der Waals surface area contributed by atoms with Crippen molar-refractivity contribution in [1.29, 1.82) is 0 Å². The van der Waals surface area contributed by atoms with Gasteiger partial charge in [0.15, 0.2) is 0 Å². The van der Waals surface area contributed by atoms with E-state index in [0.717, 1.165) is 39.3 Å². The molecular weight excluding hydrogens is 180 g/mol. The quantitative estimate of drug-likeness (QED) is 0.625. The number of likely N-dealkylation sites (N-methyl/N-ethyl adjacent to an activating group) is 1. The molecule has 5 nitrogen and oxygen atoms in total. The Morgan fingerprint density at radius 3 is 2.50 bits per heavy atom. The average molecular weight is 200 g/mol. The van der Waals surface area contributed by atoms with Crippen LogP contribution >= 0.6 is 0 Å². The molecule has 0 aromatic rings. The van der Waals surface area contributed by atoms with Crippen molar-refractivity contribution in [2.45, 2.75) is 0 Å². The van der Waals surface area contributed by atoms with Gasteiger partial charge in [-0.25, -0.2) is 4.79 Å². The van der Waals surface area contributed by atoms with E-state index in [1.807, 2.05) is 0 Å². The fraction of sp³-hybridized carbons (Fsp3) is 0.889. The van der Waals surface area contributed by atoms with Gasteiger partial charge in [-0.3, -0.25) is 4.90 Å². The number of nitrogens with one attached hydrogen (secondary N) is 2. The molecule has 1 fully saturated rings. The summed E-state index contributed by atoms with van der Waals surface area (Å²) in [5, 5.41) is 5.32.